The Morgan fingerprint density at radius 1 is 1.44 bits per heavy atom. The zero-order valence-electron chi connectivity index (χ0n) is 8.94. The third-order valence-electron chi connectivity index (χ3n) is 2.28. The standard InChI is InChI=1S/C11H10FN3O/c1-7-9(6-15(2)14-7)11(16)8-3-4-13-5-10(8)12/h3-6H,1-2H3. The predicted octanol–water partition coefficient (Wildman–Crippen LogP) is 1.49. The summed E-state index contributed by atoms with van der Waals surface area (Å²) < 4.78 is 14.9. The molecule has 0 fully saturated rings. The van der Waals surface area contributed by atoms with Crippen LogP contribution in [-0.2, 0) is 7.05 Å². The molecular weight excluding hydrogens is 209 g/mol. The minimum Gasteiger partial charge on any atom is -0.288 e. The third kappa shape index (κ3) is 1.71. The predicted molar refractivity (Wildman–Crippen MR) is 55.6 cm³/mol. The highest BCUT2D eigenvalue weighted by atomic mass is 19.1. The first-order chi connectivity index (χ1) is 7.59. The summed E-state index contributed by atoms with van der Waals surface area (Å²) >= 11 is 0. The second-order valence-corrected chi connectivity index (χ2v) is 3.49. The van der Waals surface area contributed by atoms with E-state index in [-0.39, 0.29) is 11.3 Å². The van der Waals surface area contributed by atoms with E-state index < -0.39 is 5.82 Å². The molecule has 0 aromatic carbocycles. The van der Waals surface area contributed by atoms with Gasteiger partial charge in [-0.2, -0.15) is 5.10 Å². The number of hydrogen-bond acceptors (Lipinski definition) is 3. The number of carbonyl (C=O) groups is 1. The Labute approximate surface area is 91.7 Å². The molecule has 0 saturated heterocycles. The first-order valence-corrected chi connectivity index (χ1v) is 4.74. The molecular formula is C11H10FN3O. The van der Waals surface area contributed by atoms with Gasteiger partial charge in [0.2, 0.25) is 0 Å². The average Bonchev–Trinajstić information content (AvgIpc) is 2.58. The molecule has 2 aromatic heterocycles. The number of pyridine rings is 1. The molecule has 16 heavy (non-hydrogen) atoms. The maximum Gasteiger partial charge on any atom is 0.199 e. The van der Waals surface area contributed by atoms with Crippen molar-refractivity contribution in [2.75, 3.05) is 0 Å². The van der Waals surface area contributed by atoms with Crippen molar-refractivity contribution in [1.29, 1.82) is 0 Å². The fourth-order valence-electron chi connectivity index (χ4n) is 1.53. The smallest absolute Gasteiger partial charge is 0.199 e. The van der Waals surface area contributed by atoms with Crippen molar-refractivity contribution in [2.45, 2.75) is 6.92 Å². The Hall–Kier alpha value is -2.04. The number of carbonyl (C=O) groups excluding carboxylic acids is 1. The molecule has 0 atom stereocenters. The highest BCUT2D eigenvalue weighted by molar-refractivity contribution is 6.09. The third-order valence-corrected chi connectivity index (χ3v) is 2.28. The molecule has 0 saturated carbocycles. The molecule has 0 amide bonds. The van der Waals surface area contributed by atoms with Crippen LogP contribution in [0.25, 0.3) is 0 Å². The molecule has 2 aromatic rings. The van der Waals surface area contributed by atoms with E-state index in [1.165, 1.54) is 16.9 Å². The summed E-state index contributed by atoms with van der Waals surface area (Å²) in [4.78, 5) is 15.6. The zero-order valence-corrected chi connectivity index (χ0v) is 8.94. The Kier molecular flexibility index (Phi) is 2.52. The van der Waals surface area contributed by atoms with Crippen LogP contribution in [0.5, 0.6) is 0 Å². The molecule has 4 nitrogen and oxygen atoms in total. The molecule has 0 unspecified atom stereocenters. The van der Waals surface area contributed by atoms with Gasteiger partial charge in [0.25, 0.3) is 0 Å². The van der Waals surface area contributed by atoms with E-state index in [2.05, 4.69) is 10.1 Å². The summed E-state index contributed by atoms with van der Waals surface area (Å²) in [6.45, 7) is 1.71. The summed E-state index contributed by atoms with van der Waals surface area (Å²) in [5.74, 6) is -0.985. The number of aromatic nitrogens is 3. The van der Waals surface area contributed by atoms with Crippen LogP contribution >= 0.6 is 0 Å². The molecule has 82 valence electrons. The second kappa shape index (κ2) is 3.84. The van der Waals surface area contributed by atoms with Crippen molar-refractivity contribution < 1.29 is 9.18 Å². The lowest BCUT2D eigenvalue weighted by Crippen LogP contribution is -2.05. The maximum atomic E-state index is 13.4. The summed E-state index contributed by atoms with van der Waals surface area (Å²) in [7, 11) is 1.71. The summed E-state index contributed by atoms with van der Waals surface area (Å²) in [6.07, 6.45) is 4.00. The number of nitrogens with zero attached hydrogens (tertiary/aromatic N) is 3. The largest absolute Gasteiger partial charge is 0.288 e. The van der Waals surface area contributed by atoms with Gasteiger partial charge in [0.1, 0.15) is 0 Å². The number of rotatable bonds is 2. The van der Waals surface area contributed by atoms with Crippen LogP contribution in [0.1, 0.15) is 21.6 Å². The van der Waals surface area contributed by atoms with Crippen molar-refractivity contribution in [2.24, 2.45) is 7.05 Å². The fourth-order valence-corrected chi connectivity index (χ4v) is 1.53. The topological polar surface area (TPSA) is 47.8 Å². The van der Waals surface area contributed by atoms with Gasteiger partial charge >= 0.3 is 0 Å². The Morgan fingerprint density at radius 3 is 2.75 bits per heavy atom. The van der Waals surface area contributed by atoms with Crippen molar-refractivity contribution in [3.8, 4) is 0 Å². The number of aryl methyl sites for hydroxylation is 2. The van der Waals surface area contributed by atoms with Crippen LogP contribution in [0.4, 0.5) is 4.39 Å². The van der Waals surface area contributed by atoms with Crippen molar-refractivity contribution in [1.82, 2.24) is 14.8 Å². The lowest BCUT2D eigenvalue weighted by molar-refractivity contribution is 0.103. The highest BCUT2D eigenvalue weighted by Crippen LogP contribution is 2.14. The molecule has 0 radical (unpaired) electrons. The quantitative estimate of drug-likeness (QED) is 0.719. The Balaban J connectivity index is 2.47. The molecule has 0 bridgehead atoms. The van der Waals surface area contributed by atoms with E-state index in [0.717, 1.165) is 6.20 Å². The van der Waals surface area contributed by atoms with Gasteiger partial charge in [0.15, 0.2) is 11.6 Å². The van der Waals surface area contributed by atoms with Gasteiger partial charge in [0.05, 0.1) is 23.0 Å². The number of ketones is 1. The molecule has 2 heterocycles. The average molecular weight is 219 g/mol. The van der Waals surface area contributed by atoms with Gasteiger partial charge in [0, 0.05) is 19.4 Å². The molecule has 0 aliphatic rings. The van der Waals surface area contributed by atoms with Crippen LogP contribution < -0.4 is 0 Å². The fraction of sp³-hybridized carbons (Fsp3) is 0.182. The van der Waals surface area contributed by atoms with Gasteiger partial charge in [-0.1, -0.05) is 0 Å². The number of halogens is 1. The van der Waals surface area contributed by atoms with Crippen LogP contribution in [0.2, 0.25) is 0 Å². The highest BCUT2D eigenvalue weighted by Gasteiger charge is 2.17. The lowest BCUT2D eigenvalue weighted by atomic mass is 10.1. The molecule has 0 spiro atoms. The van der Waals surface area contributed by atoms with Gasteiger partial charge < -0.3 is 0 Å². The maximum absolute atomic E-state index is 13.4. The summed E-state index contributed by atoms with van der Waals surface area (Å²) in [6, 6.07) is 1.37. The SMILES string of the molecule is Cc1nn(C)cc1C(=O)c1ccncc1F. The van der Waals surface area contributed by atoms with E-state index in [1.54, 1.807) is 20.2 Å². The molecule has 2 rings (SSSR count). The summed E-state index contributed by atoms with van der Waals surface area (Å²) in [5.41, 5.74) is 1.02. The Bertz CT molecular complexity index is 548. The van der Waals surface area contributed by atoms with Crippen LogP contribution in [0.3, 0.4) is 0 Å². The lowest BCUT2D eigenvalue weighted by Gasteiger charge is -1.99. The van der Waals surface area contributed by atoms with Crippen molar-refractivity contribution in [3.05, 3.63) is 47.3 Å². The van der Waals surface area contributed by atoms with Crippen molar-refractivity contribution >= 4 is 5.78 Å². The van der Waals surface area contributed by atoms with Gasteiger partial charge in [-0.05, 0) is 13.0 Å². The molecule has 0 aliphatic heterocycles. The van der Waals surface area contributed by atoms with Crippen LogP contribution in [-0.4, -0.2) is 20.5 Å². The molecule has 5 heteroatoms. The first kappa shape index (κ1) is 10.5. The minimum atomic E-state index is -0.615. The van der Waals surface area contributed by atoms with E-state index >= 15 is 0 Å². The summed E-state index contributed by atoms with van der Waals surface area (Å²) in [5, 5.41) is 4.05. The van der Waals surface area contributed by atoms with E-state index in [0.29, 0.717) is 11.3 Å². The van der Waals surface area contributed by atoms with Crippen molar-refractivity contribution in [3.63, 3.8) is 0 Å². The van der Waals surface area contributed by atoms with Gasteiger partial charge in [-0.3, -0.25) is 14.5 Å². The van der Waals surface area contributed by atoms with Crippen LogP contribution in [0, 0.1) is 12.7 Å². The second-order valence-electron chi connectivity index (χ2n) is 3.49. The van der Waals surface area contributed by atoms with E-state index in [1.807, 2.05) is 0 Å². The molecule has 0 N–H and O–H groups in total. The van der Waals surface area contributed by atoms with Gasteiger partial charge in [-0.15, -0.1) is 0 Å². The normalized spacial score (nSPS) is 10.4. The Morgan fingerprint density at radius 2 is 2.19 bits per heavy atom. The van der Waals surface area contributed by atoms with Gasteiger partial charge in [-0.25, -0.2) is 4.39 Å². The number of hydrogen-bond donors (Lipinski definition) is 0. The van der Waals surface area contributed by atoms with E-state index in [9.17, 15) is 9.18 Å². The minimum absolute atomic E-state index is 0.0195. The zero-order chi connectivity index (χ0) is 11.7. The van der Waals surface area contributed by atoms with E-state index in [4.69, 9.17) is 0 Å². The monoisotopic (exact) mass is 219 g/mol. The molecule has 0 aliphatic carbocycles. The first-order valence-electron chi connectivity index (χ1n) is 4.74. The van der Waals surface area contributed by atoms with Crippen LogP contribution in [0.15, 0.2) is 24.7 Å².